The van der Waals surface area contributed by atoms with Crippen LogP contribution in [-0.2, 0) is 0 Å². The van der Waals surface area contributed by atoms with Gasteiger partial charge in [-0.25, -0.2) is 0 Å². The Labute approximate surface area is 79.1 Å². The van der Waals surface area contributed by atoms with Gasteiger partial charge in [-0.15, -0.1) is 0 Å². The molecule has 0 saturated carbocycles. The first-order valence-corrected chi connectivity index (χ1v) is 4.46. The van der Waals surface area contributed by atoms with Crippen LogP contribution in [-0.4, -0.2) is 0 Å². The van der Waals surface area contributed by atoms with Crippen molar-refractivity contribution in [2.24, 2.45) is 17.0 Å². The van der Waals surface area contributed by atoms with Crippen LogP contribution < -0.4 is 17.0 Å². The van der Waals surface area contributed by atoms with Crippen LogP contribution in [0.1, 0.15) is 20.3 Å². The van der Waals surface area contributed by atoms with E-state index in [0.717, 1.165) is 12.1 Å². The van der Waals surface area contributed by atoms with Gasteiger partial charge in [-0.3, -0.25) is 5.84 Å². The van der Waals surface area contributed by atoms with Gasteiger partial charge in [-0.2, -0.15) is 0 Å². The molecule has 72 valence electrons. The van der Waals surface area contributed by atoms with E-state index in [1.54, 1.807) is 0 Å². The van der Waals surface area contributed by atoms with Gasteiger partial charge in [0.1, 0.15) is 0 Å². The van der Waals surface area contributed by atoms with E-state index in [1.807, 2.05) is 12.2 Å². The smallest absolute Gasteiger partial charge is 0.0712 e. The highest BCUT2D eigenvalue weighted by molar-refractivity contribution is 5.35. The molecule has 13 heavy (non-hydrogen) atoms. The molecule has 0 aromatic rings. The maximum atomic E-state index is 5.76. The average Bonchev–Trinajstić information content (AvgIpc) is 2.28. The summed E-state index contributed by atoms with van der Waals surface area (Å²) in [6, 6.07) is 0. The number of hydrogen-bond donors (Lipinski definition) is 3. The number of hydrazine groups is 1. The van der Waals surface area contributed by atoms with Gasteiger partial charge in [0.15, 0.2) is 0 Å². The molecule has 0 spiro atoms. The zero-order valence-corrected chi connectivity index (χ0v) is 8.17. The molecule has 0 amide bonds. The first kappa shape index (κ1) is 9.86. The lowest BCUT2D eigenvalue weighted by molar-refractivity contribution is 0.530. The van der Waals surface area contributed by atoms with Gasteiger partial charge < -0.3 is 11.2 Å². The first-order valence-electron chi connectivity index (χ1n) is 4.46. The van der Waals surface area contributed by atoms with E-state index in [9.17, 15) is 0 Å². The van der Waals surface area contributed by atoms with Crippen molar-refractivity contribution < 1.29 is 0 Å². The van der Waals surface area contributed by atoms with E-state index >= 15 is 0 Å². The highest BCUT2D eigenvalue weighted by Crippen LogP contribution is 2.27. The minimum Gasteiger partial charge on any atom is -0.397 e. The number of nitrogens with two attached hydrogens (primary N) is 2. The molecule has 3 heteroatoms. The van der Waals surface area contributed by atoms with Gasteiger partial charge in [0, 0.05) is 5.41 Å². The number of nitrogens with one attached hydrogen (secondary N) is 1. The number of allylic oxidation sites excluding steroid dienone is 4. The topological polar surface area (TPSA) is 64.1 Å². The Hall–Kier alpha value is -1.22. The Morgan fingerprint density at radius 1 is 1.38 bits per heavy atom. The fourth-order valence-electron chi connectivity index (χ4n) is 1.16. The molecule has 0 radical (unpaired) electrons. The number of rotatable bonds is 2. The van der Waals surface area contributed by atoms with Crippen molar-refractivity contribution in [3.05, 3.63) is 35.7 Å². The summed E-state index contributed by atoms with van der Waals surface area (Å²) < 4.78 is 0. The SMILES string of the molecule is CCC1(C)C=CC(N)=C(NN)C=C1. The predicted molar refractivity (Wildman–Crippen MR) is 55.2 cm³/mol. The minimum absolute atomic E-state index is 0.0865. The molecule has 0 aliphatic heterocycles. The molecule has 1 aliphatic carbocycles. The normalized spacial score (nSPS) is 27.6. The van der Waals surface area contributed by atoms with Crippen molar-refractivity contribution >= 4 is 0 Å². The molecule has 0 fully saturated rings. The third-order valence-corrected chi connectivity index (χ3v) is 2.50. The van der Waals surface area contributed by atoms with Gasteiger partial charge in [-0.05, 0) is 18.6 Å². The molecule has 1 rings (SSSR count). The van der Waals surface area contributed by atoms with Crippen LogP contribution in [0.5, 0.6) is 0 Å². The van der Waals surface area contributed by atoms with Crippen LogP contribution in [0.4, 0.5) is 0 Å². The Kier molecular flexibility index (Phi) is 2.78. The highest BCUT2D eigenvalue weighted by Gasteiger charge is 2.16. The molecule has 1 unspecified atom stereocenters. The second kappa shape index (κ2) is 3.66. The summed E-state index contributed by atoms with van der Waals surface area (Å²) in [5, 5.41) is 0. The van der Waals surface area contributed by atoms with Gasteiger partial charge >= 0.3 is 0 Å². The maximum absolute atomic E-state index is 5.76. The molecule has 0 aromatic heterocycles. The molecular formula is C10H17N3. The third kappa shape index (κ3) is 2.12. The molecular weight excluding hydrogens is 162 g/mol. The van der Waals surface area contributed by atoms with Crippen LogP contribution >= 0.6 is 0 Å². The zero-order chi connectivity index (χ0) is 9.90. The lowest BCUT2D eigenvalue weighted by atomic mass is 9.87. The van der Waals surface area contributed by atoms with E-state index in [0.29, 0.717) is 5.70 Å². The summed E-state index contributed by atoms with van der Waals surface area (Å²) in [5.41, 5.74) is 9.87. The van der Waals surface area contributed by atoms with E-state index in [-0.39, 0.29) is 5.41 Å². The summed E-state index contributed by atoms with van der Waals surface area (Å²) >= 11 is 0. The summed E-state index contributed by atoms with van der Waals surface area (Å²) in [4.78, 5) is 0. The molecule has 0 aromatic carbocycles. The minimum atomic E-state index is 0.0865. The molecule has 0 heterocycles. The van der Waals surface area contributed by atoms with Crippen LogP contribution in [0.2, 0.25) is 0 Å². The third-order valence-electron chi connectivity index (χ3n) is 2.50. The maximum Gasteiger partial charge on any atom is 0.0712 e. The zero-order valence-electron chi connectivity index (χ0n) is 8.17. The highest BCUT2D eigenvalue weighted by atomic mass is 15.2. The predicted octanol–water partition coefficient (Wildman–Crippen LogP) is 1.16. The molecule has 1 aliphatic rings. The van der Waals surface area contributed by atoms with Crippen LogP contribution in [0.25, 0.3) is 0 Å². The average molecular weight is 179 g/mol. The molecule has 5 N–H and O–H groups in total. The second-order valence-corrected chi connectivity index (χ2v) is 3.54. The van der Waals surface area contributed by atoms with Gasteiger partial charge in [0.2, 0.25) is 0 Å². The quantitative estimate of drug-likeness (QED) is 0.440. The van der Waals surface area contributed by atoms with Crippen molar-refractivity contribution in [3.8, 4) is 0 Å². The van der Waals surface area contributed by atoms with Crippen LogP contribution in [0, 0.1) is 5.41 Å². The molecule has 0 saturated heterocycles. The monoisotopic (exact) mass is 179 g/mol. The molecule has 3 nitrogen and oxygen atoms in total. The second-order valence-electron chi connectivity index (χ2n) is 3.54. The van der Waals surface area contributed by atoms with Crippen LogP contribution in [0.3, 0.4) is 0 Å². The fraction of sp³-hybridized carbons (Fsp3) is 0.400. The standard InChI is InChI=1S/C10H17N3/c1-3-10(2)6-4-8(11)9(13-12)5-7-10/h4-7,13H,3,11-12H2,1-2H3. The largest absolute Gasteiger partial charge is 0.397 e. The van der Waals surface area contributed by atoms with Crippen molar-refractivity contribution in [2.45, 2.75) is 20.3 Å². The van der Waals surface area contributed by atoms with Gasteiger partial charge in [0.25, 0.3) is 0 Å². The van der Waals surface area contributed by atoms with Crippen molar-refractivity contribution in [1.29, 1.82) is 0 Å². The first-order chi connectivity index (χ1) is 6.11. The Morgan fingerprint density at radius 2 is 2.00 bits per heavy atom. The summed E-state index contributed by atoms with van der Waals surface area (Å²) in [6.45, 7) is 4.30. The lowest BCUT2D eigenvalue weighted by Crippen LogP contribution is -2.22. The van der Waals surface area contributed by atoms with Gasteiger partial charge in [0.05, 0.1) is 11.4 Å². The Bertz CT molecular complexity index is 276. The Balaban J connectivity index is 2.98. The Morgan fingerprint density at radius 3 is 2.54 bits per heavy atom. The summed E-state index contributed by atoms with van der Waals surface area (Å²) in [6.07, 6.45) is 9.09. The van der Waals surface area contributed by atoms with Crippen molar-refractivity contribution in [1.82, 2.24) is 5.43 Å². The van der Waals surface area contributed by atoms with Crippen molar-refractivity contribution in [3.63, 3.8) is 0 Å². The van der Waals surface area contributed by atoms with Crippen LogP contribution in [0.15, 0.2) is 35.7 Å². The van der Waals surface area contributed by atoms with Crippen molar-refractivity contribution in [2.75, 3.05) is 0 Å². The molecule has 1 atom stereocenters. The van der Waals surface area contributed by atoms with Gasteiger partial charge in [-0.1, -0.05) is 26.0 Å². The van der Waals surface area contributed by atoms with E-state index in [2.05, 4.69) is 31.4 Å². The summed E-state index contributed by atoms with van der Waals surface area (Å²) in [5.74, 6) is 5.32. The lowest BCUT2D eigenvalue weighted by Gasteiger charge is -2.17. The van der Waals surface area contributed by atoms with E-state index in [1.165, 1.54) is 0 Å². The number of hydrogen-bond acceptors (Lipinski definition) is 3. The van der Waals surface area contributed by atoms with E-state index < -0.39 is 0 Å². The fourth-order valence-corrected chi connectivity index (χ4v) is 1.16. The van der Waals surface area contributed by atoms with E-state index in [4.69, 9.17) is 11.6 Å². The summed E-state index contributed by atoms with van der Waals surface area (Å²) in [7, 11) is 0. The molecule has 0 bridgehead atoms.